The minimum absolute atomic E-state index is 0.310. The number of benzene rings is 1. The number of nitrogens with zero attached hydrogens (tertiary/aromatic N) is 2. The Hall–Kier alpha value is -1.59. The maximum absolute atomic E-state index is 13.7. The Balaban J connectivity index is 1.51. The molecule has 2 aliphatic heterocycles. The van der Waals surface area contributed by atoms with Crippen LogP contribution in [-0.4, -0.2) is 68.3 Å². The zero-order valence-electron chi connectivity index (χ0n) is 16.5. The number of carbonyl (C=O) groups excluding carboxylic acids is 1. The van der Waals surface area contributed by atoms with Crippen molar-refractivity contribution in [2.45, 2.75) is 50.0 Å². The highest BCUT2D eigenvalue weighted by Crippen LogP contribution is 2.50. The lowest BCUT2D eigenvalue weighted by atomic mass is 9.92. The Morgan fingerprint density at radius 2 is 1.85 bits per heavy atom. The van der Waals surface area contributed by atoms with Crippen LogP contribution in [0.4, 0.5) is 0 Å². The molecular weight excluding hydrogens is 340 g/mol. The molecule has 1 aromatic rings. The average molecular weight is 373 g/mol. The van der Waals surface area contributed by atoms with E-state index in [1.54, 1.807) is 7.11 Å². The van der Waals surface area contributed by atoms with Crippen LogP contribution in [0.5, 0.6) is 5.75 Å². The van der Waals surface area contributed by atoms with Gasteiger partial charge in [-0.25, -0.2) is 0 Å². The molecule has 2 heterocycles. The fourth-order valence-corrected chi connectivity index (χ4v) is 4.64. The number of ether oxygens (including phenoxy) is 2. The smallest absolute Gasteiger partial charge is 0.233 e. The van der Waals surface area contributed by atoms with E-state index in [9.17, 15) is 4.79 Å². The van der Waals surface area contributed by atoms with Crippen LogP contribution in [-0.2, 0) is 14.9 Å². The van der Waals surface area contributed by atoms with Crippen molar-refractivity contribution >= 4 is 5.91 Å². The Kier molecular flexibility index (Phi) is 5.69. The van der Waals surface area contributed by atoms with Crippen LogP contribution in [0.1, 0.15) is 44.1 Å². The van der Waals surface area contributed by atoms with Crippen LogP contribution in [0.15, 0.2) is 24.3 Å². The summed E-state index contributed by atoms with van der Waals surface area (Å²) in [5, 5.41) is 0. The van der Waals surface area contributed by atoms with E-state index < -0.39 is 0 Å². The fraction of sp³-hybridized carbons (Fsp3) is 0.682. The van der Waals surface area contributed by atoms with Crippen molar-refractivity contribution in [3.05, 3.63) is 29.8 Å². The summed E-state index contributed by atoms with van der Waals surface area (Å²) in [6.45, 7) is 5.75. The normalized spacial score (nSPS) is 22.6. The van der Waals surface area contributed by atoms with Gasteiger partial charge in [-0.3, -0.25) is 4.79 Å². The maximum Gasteiger partial charge on any atom is 0.233 e. The highest BCUT2D eigenvalue weighted by Gasteiger charge is 2.53. The molecule has 0 radical (unpaired) electrons. The van der Waals surface area contributed by atoms with Gasteiger partial charge in [-0.05, 0) is 69.3 Å². The predicted molar refractivity (Wildman–Crippen MR) is 105 cm³/mol. The molecule has 2 saturated heterocycles. The van der Waals surface area contributed by atoms with E-state index in [4.69, 9.17) is 9.47 Å². The average Bonchev–Trinajstić information content (AvgIpc) is 3.38. The van der Waals surface area contributed by atoms with Gasteiger partial charge in [-0.1, -0.05) is 12.1 Å². The lowest BCUT2D eigenvalue weighted by Gasteiger charge is -2.37. The van der Waals surface area contributed by atoms with Crippen LogP contribution in [0.25, 0.3) is 0 Å². The van der Waals surface area contributed by atoms with Crippen molar-refractivity contribution in [1.29, 1.82) is 0 Å². The Morgan fingerprint density at radius 1 is 1.19 bits per heavy atom. The quantitative estimate of drug-likeness (QED) is 0.738. The third-order valence-electron chi connectivity index (χ3n) is 6.55. The second-order valence-electron chi connectivity index (χ2n) is 8.20. The molecule has 3 aliphatic rings. The Morgan fingerprint density at radius 3 is 2.44 bits per heavy atom. The zero-order chi connectivity index (χ0) is 18.7. The van der Waals surface area contributed by atoms with Crippen LogP contribution < -0.4 is 4.74 Å². The Labute approximate surface area is 162 Å². The van der Waals surface area contributed by atoms with E-state index in [1.165, 1.54) is 25.9 Å². The third kappa shape index (κ3) is 3.99. The molecule has 0 unspecified atom stereocenters. The molecule has 1 amide bonds. The van der Waals surface area contributed by atoms with Gasteiger partial charge in [0, 0.05) is 32.3 Å². The Bertz CT molecular complexity index is 629. The summed E-state index contributed by atoms with van der Waals surface area (Å²) in [6.07, 6.45) is 6.43. The molecule has 4 rings (SSSR count). The minimum atomic E-state index is -0.310. The van der Waals surface area contributed by atoms with E-state index in [0.717, 1.165) is 63.3 Å². The first-order valence-corrected chi connectivity index (χ1v) is 10.5. The highest BCUT2D eigenvalue weighted by molar-refractivity contribution is 5.91. The molecule has 148 valence electrons. The van der Waals surface area contributed by atoms with Crippen LogP contribution in [0.3, 0.4) is 0 Å². The first-order chi connectivity index (χ1) is 13.2. The van der Waals surface area contributed by atoms with Crippen molar-refractivity contribution in [3.63, 3.8) is 0 Å². The van der Waals surface area contributed by atoms with Crippen LogP contribution in [0, 0.1) is 0 Å². The summed E-state index contributed by atoms with van der Waals surface area (Å²) >= 11 is 0. The van der Waals surface area contributed by atoms with Gasteiger partial charge < -0.3 is 19.3 Å². The van der Waals surface area contributed by atoms with Gasteiger partial charge in [0.25, 0.3) is 0 Å². The van der Waals surface area contributed by atoms with Gasteiger partial charge in [0.1, 0.15) is 5.75 Å². The first-order valence-electron chi connectivity index (χ1n) is 10.5. The molecule has 1 aliphatic carbocycles. The second-order valence-corrected chi connectivity index (χ2v) is 8.20. The van der Waals surface area contributed by atoms with Gasteiger partial charge in [0.15, 0.2) is 0 Å². The number of amides is 1. The van der Waals surface area contributed by atoms with Crippen molar-refractivity contribution in [3.8, 4) is 5.75 Å². The zero-order valence-corrected chi connectivity index (χ0v) is 16.5. The fourth-order valence-electron chi connectivity index (χ4n) is 4.64. The monoisotopic (exact) mass is 372 g/mol. The predicted octanol–water partition coefficient (Wildman–Crippen LogP) is 2.83. The van der Waals surface area contributed by atoms with Crippen molar-refractivity contribution in [2.24, 2.45) is 0 Å². The molecule has 1 saturated carbocycles. The molecular formula is C22H32N2O3. The van der Waals surface area contributed by atoms with Crippen molar-refractivity contribution in [2.75, 3.05) is 46.5 Å². The second kappa shape index (κ2) is 8.19. The van der Waals surface area contributed by atoms with E-state index in [1.807, 2.05) is 12.1 Å². The largest absolute Gasteiger partial charge is 0.497 e. The number of rotatable bonds is 7. The van der Waals surface area contributed by atoms with Gasteiger partial charge in [0.2, 0.25) is 5.91 Å². The molecule has 0 N–H and O–H groups in total. The van der Waals surface area contributed by atoms with Gasteiger partial charge in [-0.15, -0.1) is 0 Å². The molecule has 0 atom stereocenters. The van der Waals surface area contributed by atoms with Gasteiger partial charge in [-0.2, -0.15) is 0 Å². The van der Waals surface area contributed by atoms with Crippen LogP contribution in [0.2, 0.25) is 0 Å². The topological polar surface area (TPSA) is 42.0 Å². The van der Waals surface area contributed by atoms with Gasteiger partial charge in [0.05, 0.1) is 12.5 Å². The first kappa shape index (κ1) is 18.8. The summed E-state index contributed by atoms with van der Waals surface area (Å²) in [7, 11) is 1.68. The van der Waals surface area contributed by atoms with E-state index in [0.29, 0.717) is 11.9 Å². The molecule has 27 heavy (non-hydrogen) atoms. The molecule has 0 bridgehead atoms. The van der Waals surface area contributed by atoms with Gasteiger partial charge >= 0.3 is 0 Å². The van der Waals surface area contributed by atoms with Crippen LogP contribution >= 0.6 is 0 Å². The lowest BCUT2D eigenvalue weighted by Crippen LogP contribution is -2.50. The SMILES string of the molecule is COc1ccc(C2(C(=O)N(CCN3CCCC3)C3CCOCC3)CC2)cc1. The molecule has 0 spiro atoms. The highest BCUT2D eigenvalue weighted by atomic mass is 16.5. The van der Waals surface area contributed by atoms with E-state index in [-0.39, 0.29) is 5.41 Å². The lowest BCUT2D eigenvalue weighted by molar-refractivity contribution is -0.138. The minimum Gasteiger partial charge on any atom is -0.497 e. The number of likely N-dealkylation sites (tertiary alicyclic amines) is 1. The summed E-state index contributed by atoms with van der Waals surface area (Å²) in [4.78, 5) is 18.4. The molecule has 3 fully saturated rings. The number of hydrogen-bond acceptors (Lipinski definition) is 4. The molecule has 5 heteroatoms. The number of methoxy groups -OCH3 is 1. The molecule has 1 aromatic carbocycles. The van der Waals surface area contributed by atoms with E-state index in [2.05, 4.69) is 21.9 Å². The number of hydrogen-bond donors (Lipinski definition) is 0. The maximum atomic E-state index is 13.7. The van der Waals surface area contributed by atoms with Crippen molar-refractivity contribution < 1.29 is 14.3 Å². The molecule has 5 nitrogen and oxygen atoms in total. The summed E-state index contributed by atoms with van der Waals surface area (Å²) < 4.78 is 10.8. The third-order valence-corrected chi connectivity index (χ3v) is 6.55. The van der Waals surface area contributed by atoms with E-state index >= 15 is 0 Å². The summed E-state index contributed by atoms with van der Waals surface area (Å²) in [6, 6.07) is 8.43. The molecule has 0 aromatic heterocycles. The number of carbonyl (C=O) groups is 1. The summed E-state index contributed by atoms with van der Waals surface area (Å²) in [5.41, 5.74) is 0.835. The standard InChI is InChI=1S/C22H32N2O3/c1-26-20-6-4-18(5-7-20)22(10-11-22)21(25)24(19-8-16-27-17-9-19)15-14-23-12-2-3-13-23/h4-7,19H,2-3,8-17H2,1H3. The van der Waals surface area contributed by atoms with Crippen molar-refractivity contribution in [1.82, 2.24) is 9.80 Å². The summed E-state index contributed by atoms with van der Waals surface area (Å²) in [5.74, 6) is 1.18.